The molecule has 22 heavy (non-hydrogen) atoms. The van der Waals surface area contributed by atoms with E-state index in [0.29, 0.717) is 16.9 Å². The van der Waals surface area contributed by atoms with Gasteiger partial charge in [0.15, 0.2) is 0 Å². The monoisotopic (exact) mass is 341 g/mol. The third-order valence-corrected chi connectivity index (χ3v) is 5.58. The van der Waals surface area contributed by atoms with Crippen LogP contribution >= 0.6 is 11.3 Å². The first kappa shape index (κ1) is 15.0. The third kappa shape index (κ3) is 2.98. The van der Waals surface area contributed by atoms with Gasteiger partial charge in [0, 0.05) is 13.0 Å². The molecule has 116 valence electrons. The minimum Gasteiger partial charge on any atom is -0.211 e. The lowest BCUT2D eigenvalue weighted by Crippen LogP contribution is -2.26. The second-order valence-electron chi connectivity index (χ2n) is 4.61. The molecule has 0 amide bonds. The van der Waals surface area contributed by atoms with Gasteiger partial charge in [-0.25, -0.2) is 17.5 Å². The maximum atomic E-state index is 13.0. The topological polar surface area (TPSA) is 89.2 Å². The maximum absolute atomic E-state index is 13.0. The van der Waals surface area contributed by atoms with Gasteiger partial charge in [0.25, 0.3) is 0 Å². The summed E-state index contributed by atoms with van der Waals surface area (Å²) in [5, 5.41) is 12.5. The van der Waals surface area contributed by atoms with Crippen LogP contribution in [-0.4, -0.2) is 34.8 Å². The molecule has 3 aromatic rings. The highest BCUT2D eigenvalue weighted by Crippen LogP contribution is 2.16. The van der Waals surface area contributed by atoms with Crippen molar-refractivity contribution in [3.8, 4) is 0 Å². The van der Waals surface area contributed by atoms with Crippen LogP contribution in [0.4, 0.5) is 4.39 Å². The van der Waals surface area contributed by atoms with Crippen molar-refractivity contribution >= 4 is 26.3 Å². The second-order valence-corrected chi connectivity index (χ2v) is 7.39. The van der Waals surface area contributed by atoms with E-state index < -0.39 is 15.8 Å². The molecule has 3 rings (SSSR count). The number of hydrogen-bond donors (Lipinski definition) is 1. The van der Waals surface area contributed by atoms with Crippen LogP contribution in [0.25, 0.3) is 4.96 Å². The molecule has 0 bridgehead atoms. The van der Waals surface area contributed by atoms with E-state index in [2.05, 4.69) is 20.0 Å². The predicted molar refractivity (Wildman–Crippen MR) is 78.7 cm³/mol. The number of nitrogens with one attached hydrogen (secondary N) is 1. The molecule has 10 heteroatoms. The van der Waals surface area contributed by atoms with Crippen molar-refractivity contribution in [2.24, 2.45) is 0 Å². The zero-order valence-corrected chi connectivity index (χ0v) is 13.2. The van der Waals surface area contributed by atoms with Gasteiger partial charge in [-0.1, -0.05) is 11.3 Å². The van der Waals surface area contributed by atoms with Crippen molar-refractivity contribution in [1.29, 1.82) is 0 Å². The predicted octanol–water partition coefficient (Wildman–Crippen LogP) is 1.15. The van der Waals surface area contributed by atoms with Gasteiger partial charge in [0.1, 0.15) is 17.2 Å². The van der Waals surface area contributed by atoms with Gasteiger partial charge >= 0.3 is 0 Å². The minimum atomic E-state index is -3.67. The molecule has 0 aliphatic carbocycles. The zero-order valence-electron chi connectivity index (χ0n) is 11.5. The molecule has 7 nitrogen and oxygen atoms in total. The molecule has 0 atom stereocenters. The highest BCUT2D eigenvalue weighted by molar-refractivity contribution is 7.89. The molecule has 2 heterocycles. The third-order valence-electron chi connectivity index (χ3n) is 2.99. The molecule has 1 aromatic carbocycles. The average Bonchev–Trinajstić information content (AvgIpc) is 2.98. The molecule has 0 radical (unpaired) electrons. The summed E-state index contributed by atoms with van der Waals surface area (Å²) in [4.78, 5) is 0.735. The fourth-order valence-corrected chi connectivity index (χ4v) is 4.06. The Morgan fingerprint density at radius 1 is 1.41 bits per heavy atom. The number of benzene rings is 1. The molecule has 2 aromatic heterocycles. The highest BCUT2D eigenvalue weighted by atomic mass is 32.2. The van der Waals surface area contributed by atoms with E-state index in [1.165, 1.54) is 29.8 Å². The number of hydrogen-bond acceptors (Lipinski definition) is 6. The Balaban J connectivity index is 1.68. The van der Waals surface area contributed by atoms with E-state index in [-0.39, 0.29) is 11.4 Å². The SMILES string of the molecule is Cc1cc(F)ccc1S(=O)(=O)NCCc1nn2cnnc2s1. The Morgan fingerprint density at radius 2 is 2.23 bits per heavy atom. The van der Waals surface area contributed by atoms with Crippen molar-refractivity contribution in [1.82, 2.24) is 24.5 Å². The first-order valence-electron chi connectivity index (χ1n) is 6.37. The fourth-order valence-electron chi connectivity index (χ4n) is 1.99. The summed E-state index contributed by atoms with van der Waals surface area (Å²) in [6, 6.07) is 3.58. The Bertz CT molecular complexity index is 890. The number of sulfonamides is 1. The summed E-state index contributed by atoms with van der Waals surface area (Å²) < 4.78 is 41.5. The molecule has 0 spiro atoms. The van der Waals surface area contributed by atoms with Crippen LogP contribution in [0, 0.1) is 12.7 Å². The fraction of sp³-hybridized carbons (Fsp3) is 0.250. The lowest BCUT2D eigenvalue weighted by Gasteiger charge is -2.08. The number of aromatic nitrogens is 4. The summed E-state index contributed by atoms with van der Waals surface area (Å²) in [5.74, 6) is -0.462. The van der Waals surface area contributed by atoms with Crippen LogP contribution in [0.3, 0.4) is 0 Å². The quantitative estimate of drug-likeness (QED) is 0.752. The normalized spacial score (nSPS) is 12.1. The van der Waals surface area contributed by atoms with Crippen molar-refractivity contribution in [2.45, 2.75) is 18.2 Å². The summed E-state index contributed by atoms with van der Waals surface area (Å²) in [7, 11) is -3.67. The first-order chi connectivity index (χ1) is 10.5. The summed E-state index contributed by atoms with van der Waals surface area (Å²) in [6.07, 6.45) is 1.93. The summed E-state index contributed by atoms with van der Waals surface area (Å²) in [5.41, 5.74) is 0.367. The maximum Gasteiger partial charge on any atom is 0.240 e. The van der Waals surface area contributed by atoms with Crippen molar-refractivity contribution in [3.63, 3.8) is 0 Å². The van der Waals surface area contributed by atoms with Crippen LogP contribution in [-0.2, 0) is 16.4 Å². The Kier molecular flexibility index (Phi) is 3.89. The van der Waals surface area contributed by atoms with E-state index in [0.717, 1.165) is 11.1 Å². The molecule has 0 aliphatic heterocycles. The molecule has 1 N–H and O–H groups in total. The highest BCUT2D eigenvalue weighted by Gasteiger charge is 2.17. The second kappa shape index (κ2) is 5.71. The molecular weight excluding hydrogens is 329 g/mol. The Hall–Kier alpha value is -1.91. The van der Waals surface area contributed by atoms with Crippen LogP contribution < -0.4 is 4.72 Å². The lowest BCUT2D eigenvalue weighted by atomic mass is 10.2. The smallest absolute Gasteiger partial charge is 0.211 e. The standard InChI is InChI=1S/C12H12FN5O2S2/c1-8-6-9(13)2-3-10(8)22(19,20)15-5-4-11-17-18-7-14-16-12(18)21-11/h2-3,6-7,15H,4-5H2,1H3. The van der Waals surface area contributed by atoms with Crippen LogP contribution in [0.2, 0.25) is 0 Å². The van der Waals surface area contributed by atoms with Crippen LogP contribution in [0.5, 0.6) is 0 Å². The Morgan fingerprint density at radius 3 is 2.95 bits per heavy atom. The molecule has 0 saturated heterocycles. The number of aryl methyl sites for hydroxylation is 1. The largest absolute Gasteiger partial charge is 0.240 e. The van der Waals surface area contributed by atoms with Gasteiger partial charge in [0.2, 0.25) is 15.0 Å². The van der Waals surface area contributed by atoms with E-state index in [1.807, 2.05) is 0 Å². The van der Waals surface area contributed by atoms with Gasteiger partial charge in [-0.3, -0.25) is 0 Å². The van der Waals surface area contributed by atoms with Gasteiger partial charge in [-0.05, 0) is 30.7 Å². The minimum absolute atomic E-state index is 0.0760. The number of nitrogens with zero attached hydrogens (tertiary/aromatic N) is 4. The molecule has 0 unspecified atom stereocenters. The van der Waals surface area contributed by atoms with Crippen molar-refractivity contribution < 1.29 is 12.8 Å². The number of rotatable bonds is 5. The summed E-state index contributed by atoms with van der Waals surface area (Å²) in [6.45, 7) is 1.75. The molecule has 0 aliphatic rings. The van der Waals surface area contributed by atoms with Crippen molar-refractivity contribution in [2.75, 3.05) is 6.54 Å². The zero-order chi connectivity index (χ0) is 15.7. The van der Waals surface area contributed by atoms with E-state index in [1.54, 1.807) is 11.4 Å². The van der Waals surface area contributed by atoms with Gasteiger partial charge in [0.05, 0.1) is 4.90 Å². The molecule has 0 saturated carbocycles. The van der Waals surface area contributed by atoms with Crippen molar-refractivity contribution in [3.05, 3.63) is 40.9 Å². The Labute approximate surface area is 129 Å². The van der Waals surface area contributed by atoms with E-state index >= 15 is 0 Å². The summed E-state index contributed by atoms with van der Waals surface area (Å²) >= 11 is 1.35. The molecule has 0 fully saturated rings. The first-order valence-corrected chi connectivity index (χ1v) is 8.67. The average molecular weight is 341 g/mol. The van der Waals surface area contributed by atoms with E-state index in [9.17, 15) is 12.8 Å². The number of fused-ring (bicyclic) bond motifs is 1. The van der Waals surface area contributed by atoms with Crippen LogP contribution in [0.1, 0.15) is 10.6 Å². The van der Waals surface area contributed by atoms with E-state index in [4.69, 9.17) is 0 Å². The lowest BCUT2D eigenvalue weighted by molar-refractivity contribution is 0.579. The van der Waals surface area contributed by atoms with Gasteiger partial charge in [-0.15, -0.1) is 10.2 Å². The van der Waals surface area contributed by atoms with Gasteiger partial charge in [-0.2, -0.15) is 9.61 Å². The number of halogens is 1. The molecular formula is C12H12FN5O2S2. The van der Waals surface area contributed by atoms with Crippen LogP contribution in [0.15, 0.2) is 29.4 Å². The van der Waals surface area contributed by atoms with Gasteiger partial charge < -0.3 is 0 Å².